The second kappa shape index (κ2) is 7.29. The van der Waals surface area contributed by atoms with Gasteiger partial charge in [0, 0.05) is 38.4 Å². The van der Waals surface area contributed by atoms with E-state index in [4.69, 9.17) is 0 Å². The molecule has 2 aromatic heterocycles. The van der Waals surface area contributed by atoms with Crippen molar-refractivity contribution in [3.05, 3.63) is 54.4 Å². The van der Waals surface area contributed by atoms with Crippen LogP contribution in [0.1, 0.15) is 12.2 Å². The third-order valence-electron chi connectivity index (χ3n) is 5.73. The SMILES string of the molecule is Cn1c(CCNC(=O)C2CC(=O)N(c3n[nH]c4ccccc34)C2)nc2ccccc21. The van der Waals surface area contributed by atoms with Crippen molar-refractivity contribution >= 4 is 39.6 Å². The van der Waals surface area contributed by atoms with Gasteiger partial charge in [0.15, 0.2) is 5.82 Å². The molecular weight excluding hydrogens is 380 g/mol. The molecule has 1 aliphatic rings. The van der Waals surface area contributed by atoms with Gasteiger partial charge in [-0.2, -0.15) is 5.10 Å². The number of imidazole rings is 1. The Bertz CT molecular complexity index is 1260. The molecule has 1 saturated heterocycles. The summed E-state index contributed by atoms with van der Waals surface area (Å²) in [6.07, 6.45) is 0.824. The largest absolute Gasteiger partial charge is 0.355 e. The molecule has 1 unspecified atom stereocenters. The second-order valence-electron chi connectivity index (χ2n) is 7.61. The normalized spacial score (nSPS) is 16.6. The molecule has 0 aliphatic carbocycles. The average Bonchev–Trinajstić information content (AvgIpc) is 3.44. The zero-order valence-corrected chi connectivity index (χ0v) is 16.6. The van der Waals surface area contributed by atoms with Gasteiger partial charge in [0.25, 0.3) is 0 Å². The monoisotopic (exact) mass is 402 g/mol. The van der Waals surface area contributed by atoms with E-state index < -0.39 is 0 Å². The Hall–Kier alpha value is -3.68. The fourth-order valence-corrected chi connectivity index (χ4v) is 4.10. The molecule has 1 fully saturated rings. The highest BCUT2D eigenvalue weighted by atomic mass is 16.2. The van der Waals surface area contributed by atoms with Crippen LogP contribution in [0.2, 0.25) is 0 Å². The molecule has 0 spiro atoms. The number of aromatic amines is 1. The van der Waals surface area contributed by atoms with E-state index in [-0.39, 0.29) is 24.2 Å². The molecule has 2 amide bonds. The van der Waals surface area contributed by atoms with Crippen molar-refractivity contribution in [1.82, 2.24) is 25.1 Å². The number of benzene rings is 2. The van der Waals surface area contributed by atoms with Crippen molar-refractivity contribution in [3.8, 4) is 0 Å². The van der Waals surface area contributed by atoms with Crippen LogP contribution in [-0.2, 0) is 23.1 Å². The Morgan fingerprint density at radius 2 is 2.00 bits per heavy atom. The molecule has 0 saturated carbocycles. The van der Waals surface area contributed by atoms with Gasteiger partial charge in [0.05, 0.1) is 22.5 Å². The zero-order chi connectivity index (χ0) is 20.7. The summed E-state index contributed by atoms with van der Waals surface area (Å²) in [5.41, 5.74) is 2.89. The summed E-state index contributed by atoms with van der Waals surface area (Å²) in [5.74, 6) is 0.940. The fourth-order valence-electron chi connectivity index (χ4n) is 4.10. The minimum absolute atomic E-state index is 0.0808. The number of nitrogens with zero attached hydrogens (tertiary/aromatic N) is 4. The van der Waals surface area contributed by atoms with Gasteiger partial charge in [0.2, 0.25) is 11.8 Å². The first-order valence-electron chi connectivity index (χ1n) is 10.0. The maximum absolute atomic E-state index is 12.7. The lowest BCUT2D eigenvalue weighted by Gasteiger charge is -2.14. The first-order chi connectivity index (χ1) is 14.6. The number of aromatic nitrogens is 4. The third kappa shape index (κ3) is 3.10. The summed E-state index contributed by atoms with van der Waals surface area (Å²) in [7, 11) is 1.98. The molecule has 2 N–H and O–H groups in total. The van der Waals surface area contributed by atoms with Gasteiger partial charge < -0.3 is 9.88 Å². The quantitative estimate of drug-likeness (QED) is 0.535. The predicted molar refractivity (Wildman–Crippen MR) is 114 cm³/mol. The number of anilines is 1. The number of hydrogen-bond acceptors (Lipinski definition) is 4. The number of carbonyl (C=O) groups is 2. The van der Waals surface area contributed by atoms with Gasteiger partial charge >= 0.3 is 0 Å². The highest BCUT2D eigenvalue weighted by Gasteiger charge is 2.36. The highest BCUT2D eigenvalue weighted by molar-refractivity contribution is 6.05. The molecule has 1 atom stereocenters. The molecule has 8 nitrogen and oxygen atoms in total. The Morgan fingerprint density at radius 3 is 2.87 bits per heavy atom. The van der Waals surface area contributed by atoms with Gasteiger partial charge in [-0.15, -0.1) is 0 Å². The van der Waals surface area contributed by atoms with Crippen LogP contribution in [0, 0.1) is 5.92 Å². The van der Waals surface area contributed by atoms with Crippen LogP contribution >= 0.6 is 0 Å². The summed E-state index contributed by atoms with van der Waals surface area (Å²) in [5, 5.41) is 11.1. The number of amides is 2. The van der Waals surface area contributed by atoms with Crippen molar-refractivity contribution < 1.29 is 9.59 Å². The van der Waals surface area contributed by atoms with E-state index in [1.807, 2.05) is 60.1 Å². The lowest BCUT2D eigenvalue weighted by atomic mass is 10.1. The van der Waals surface area contributed by atoms with Crippen molar-refractivity contribution in [3.63, 3.8) is 0 Å². The minimum atomic E-state index is -0.381. The molecule has 0 bridgehead atoms. The number of carbonyl (C=O) groups excluding carboxylic acids is 2. The smallest absolute Gasteiger partial charge is 0.229 e. The van der Waals surface area contributed by atoms with Crippen LogP contribution in [-0.4, -0.2) is 44.7 Å². The maximum Gasteiger partial charge on any atom is 0.229 e. The van der Waals surface area contributed by atoms with Crippen LogP contribution in [0.15, 0.2) is 48.5 Å². The number of para-hydroxylation sites is 3. The number of aryl methyl sites for hydroxylation is 1. The Balaban J connectivity index is 1.22. The lowest BCUT2D eigenvalue weighted by molar-refractivity contribution is -0.126. The third-order valence-corrected chi connectivity index (χ3v) is 5.73. The standard InChI is InChI=1S/C22H22N6O2/c1-27-18-9-5-4-8-17(18)24-19(27)10-11-23-22(30)14-12-20(29)28(13-14)21-15-6-2-3-7-16(15)25-26-21/h2-9,14H,10-13H2,1H3,(H,23,30)(H,25,26). The number of nitrogens with one attached hydrogen (secondary N) is 2. The van der Waals surface area contributed by atoms with E-state index in [1.54, 1.807) is 4.90 Å². The number of rotatable bonds is 5. The van der Waals surface area contributed by atoms with E-state index in [1.165, 1.54) is 0 Å². The van der Waals surface area contributed by atoms with Gasteiger partial charge in [0.1, 0.15) is 5.82 Å². The molecular formula is C22H22N6O2. The molecule has 152 valence electrons. The zero-order valence-electron chi connectivity index (χ0n) is 16.6. The second-order valence-corrected chi connectivity index (χ2v) is 7.61. The van der Waals surface area contributed by atoms with Gasteiger partial charge in [-0.05, 0) is 24.3 Å². The molecule has 3 heterocycles. The molecule has 8 heteroatoms. The topological polar surface area (TPSA) is 95.9 Å². The summed E-state index contributed by atoms with van der Waals surface area (Å²) in [4.78, 5) is 31.5. The van der Waals surface area contributed by atoms with E-state index in [0.29, 0.717) is 25.3 Å². The summed E-state index contributed by atoms with van der Waals surface area (Å²) >= 11 is 0. The van der Waals surface area contributed by atoms with Crippen LogP contribution in [0.5, 0.6) is 0 Å². The van der Waals surface area contributed by atoms with Gasteiger partial charge in [-0.1, -0.05) is 24.3 Å². The first kappa shape index (κ1) is 18.4. The maximum atomic E-state index is 12.7. The van der Waals surface area contributed by atoms with E-state index in [9.17, 15) is 9.59 Å². The van der Waals surface area contributed by atoms with Crippen molar-refractivity contribution in [2.75, 3.05) is 18.0 Å². The van der Waals surface area contributed by atoms with Crippen molar-refractivity contribution in [1.29, 1.82) is 0 Å². The Labute approximate surface area is 172 Å². The van der Waals surface area contributed by atoms with Crippen LogP contribution in [0.25, 0.3) is 21.9 Å². The number of H-pyrrole nitrogens is 1. The van der Waals surface area contributed by atoms with E-state index in [2.05, 4.69) is 20.5 Å². The van der Waals surface area contributed by atoms with Crippen LogP contribution in [0.4, 0.5) is 5.82 Å². The van der Waals surface area contributed by atoms with E-state index >= 15 is 0 Å². The lowest BCUT2D eigenvalue weighted by Crippen LogP contribution is -2.34. The minimum Gasteiger partial charge on any atom is -0.355 e. The number of fused-ring (bicyclic) bond motifs is 2. The van der Waals surface area contributed by atoms with Crippen LogP contribution < -0.4 is 10.2 Å². The molecule has 30 heavy (non-hydrogen) atoms. The molecule has 4 aromatic rings. The molecule has 0 radical (unpaired) electrons. The van der Waals surface area contributed by atoms with Gasteiger partial charge in [-0.3, -0.25) is 19.6 Å². The van der Waals surface area contributed by atoms with Gasteiger partial charge in [-0.25, -0.2) is 4.98 Å². The predicted octanol–water partition coefficient (Wildman–Crippen LogP) is 2.16. The first-order valence-corrected chi connectivity index (χ1v) is 10.0. The number of hydrogen-bond donors (Lipinski definition) is 2. The fraction of sp³-hybridized carbons (Fsp3) is 0.273. The highest BCUT2D eigenvalue weighted by Crippen LogP contribution is 2.29. The molecule has 2 aromatic carbocycles. The summed E-state index contributed by atoms with van der Waals surface area (Å²) < 4.78 is 2.05. The van der Waals surface area contributed by atoms with E-state index in [0.717, 1.165) is 27.8 Å². The van der Waals surface area contributed by atoms with Crippen molar-refractivity contribution in [2.24, 2.45) is 13.0 Å². The Kier molecular flexibility index (Phi) is 4.46. The summed E-state index contributed by atoms with van der Waals surface area (Å²) in [6, 6.07) is 15.6. The van der Waals surface area contributed by atoms with Crippen molar-refractivity contribution in [2.45, 2.75) is 12.8 Å². The molecule has 5 rings (SSSR count). The van der Waals surface area contributed by atoms with Crippen LogP contribution in [0.3, 0.4) is 0 Å². The average molecular weight is 402 g/mol. The summed E-state index contributed by atoms with van der Waals surface area (Å²) in [6.45, 7) is 0.817. The molecule has 1 aliphatic heterocycles. The Morgan fingerprint density at radius 1 is 1.20 bits per heavy atom.